The van der Waals surface area contributed by atoms with Crippen LogP contribution in [0.1, 0.15) is 15.5 Å². The fourth-order valence-electron chi connectivity index (χ4n) is 2.52. The molecule has 1 aliphatic rings. The van der Waals surface area contributed by atoms with Gasteiger partial charge in [-0.25, -0.2) is 4.98 Å². The van der Waals surface area contributed by atoms with Gasteiger partial charge in [0.25, 0.3) is 5.91 Å². The highest BCUT2D eigenvalue weighted by Crippen LogP contribution is 2.33. The van der Waals surface area contributed by atoms with E-state index >= 15 is 0 Å². The van der Waals surface area contributed by atoms with Crippen LogP contribution >= 0.6 is 11.3 Å². The predicted octanol–water partition coefficient (Wildman–Crippen LogP) is 1.13. The summed E-state index contributed by atoms with van der Waals surface area (Å²) in [7, 11) is 0. The molecule has 4 rings (SSSR count). The maximum absolute atomic E-state index is 12.7. The molecule has 0 fully saturated rings. The molecule has 0 atom stereocenters. The van der Waals surface area contributed by atoms with E-state index in [-0.39, 0.29) is 5.91 Å². The summed E-state index contributed by atoms with van der Waals surface area (Å²) in [6.45, 7) is 1.92. The number of nitrogens with zero attached hydrogens (tertiary/aromatic N) is 5. The Balaban J connectivity index is 1.69. The molecule has 106 valence electrons. The topological polar surface area (TPSA) is 89.9 Å². The lowest BCUT2D eigenvalue weighted by Crippen LogP contribution is -2.38. The highest BCUT2D eigenvalue weighted by atomic mass is 32.1. The van der Waals surface area contributed by atoms with E-state index in [2.05, 4.69) is 19.7 Å². The van der Waals surface area contributed by atoms with Gasteiger partial charge in [-0.05, 0) is 6.07 Å². The molecule has 1 aliphatic heterocycles. The van der Waals surface area contributed by atoms with E-state index in [0.29, 0.717) is 28.5 Å². The van der Waals surface area contributed by atoms with E-state index in [0.717, 1.165) is 17.8 Å². The van der Waals surface area contributed by atoms with Crippen LogP contribution in [-0.2, 0) is 13.1 Å². The molecule has 8 heteroatoms. The van der Waals surface area contributed by atoms with Crippen LogP contribution in [0.4, 0.5) is 5.69 Å². The Hall–Kier alpha value is -2.48. The zero-order chi connectivity index (χ0) is 14.4. The van der Waals surface area contributed by atoms with Crippen LogP contribution < -0.4 is 5.73 Å². The van der Waals surface area contributed by atoms with Crippen molar-refractivity contribution in [2.45, 2.75) is 13.1 Å². The minimum atomic E-state index is -0.0650. The molecule has 0 spiro atoms. The largest absolute Gasteiger partial charge is 0.397 e. The first kappa shape index (κ1) is 12.3. The number of rotatable bonds is 1. The van der Waals surface area contributed by atoms with Crippen molar-refractivity contribution < 1.29 is 4.79 Å². The molecular formula is C13H12N6OS. The second-order valence-corrected chi connectivity index (χ2v) is 5.86. The first-order valence-corrected chi connectivity index (χ1v) is 7.34. The number of hydrogen-bond acceptors (Lipinski definition) is 6. The van der Waals surface area contributed by atoms with Crippen LogP contribution in [0, 0.1) is 0 Å². The molecule has 7 nitrogen and oxygen atoms in total. The number of imidazole rings is 1. The third kappa shape index (κ3) is 1.87. The Kier molecular flexibility index (Phi) is 2.64. The number of nitrogen functional groups attached to an aromatic ring is 1. The molecule has 2 N–H and O–H groups in total. The van der Waals surface area contributed by atoms with Crippen molar-refractivity contribution >= 4 is 33.1 Å². The summed E-state index contributed by atoms with van der Waals surface area (Å²) < 4.78 is 2.06. The molecule has 0 aliphatic carbocycles. The third-order valence-electron chi connectivity index (χ3n) is 3.65. The highest BCUT2D eigenvalue weighted by Gasteiger charge is 2.26. The molecule has 3 aromatic heterocycles. The Morgan fingerprint density at radius 2 is 2.24 bits per heavy atom. The van der Waals surface area contributed by atoms with Gasteiger partial charge in [0.05, 0.1) is 18.4 Å². The van der Waals surface area contributed by atoms with Crippen LogP contribution in [-0.4, -0.2) is 37.1 Å². The molecule has 0 unspecified atom stereocenters. The number of amides is 1. The summed E-state index contributed by atoms with van der Waals surface area (Å²) in [4.78, 5) is 20.0. The summed E-state index contributed by atoms with van der Waals surface area (Å²) in [5.74, 6) is 0.832. The van der Waals surface area contributed by atoms with Crippen molar-refractivity contribution in [1.82, 2.24) is 24.6 Å². The van der Waals surface area contributed by atoms with E-state index in [1.165, 1.54) is 11.3 Å². The van der Waals surface area contributed by atoms with Gasteiger partial charge in [-0.15, -0.1) is 16.4 Å². The lowest BCUT2D eigenvalue weighted by molar-refractivity contribution is 0.0713. The first-order chi connectivity index (χ1) is 10.2. The molecule has 0 radical (unpaired) electrons. The van der Waals surface area contributed by atoms with Crippen molar-refractivity contribution in [3.8, 4) is 0 Å². The van der Waals surface area contributed by atoms with Crippen LogP contribution in [0.15, 0.2) is 24.7 Å². The van der Waals surface area contributed by atoms with Gasteiger partial charge in [0.2, 0.25) is 0 Å². The maximum Gasteiger partial charge on any atom is 0.266 e. The molecular weight excluding hydrogens is 288 g/mol. The Morgan fingerprint density at radius 1 is 1.33 bits per heavy atom. The molecule has 0 bridgehead atoms. The van der Waals surface area contributed by atoms with Crippen molar-refractivity contribution in [2.24, 2.45) is 0 Å². The number of thiophene rings is 1. The minimum absolute atomic E-state index is 0.0650. The number of fused-ring (bicyclic) bond motifs is 2. The van der Waals surface area contributed by atoms with Crippen molar-refractivity contribution in [3.63, 3.8) is 0 Å². The van der Waals surface area contributed by atoms with Gasteiger partial charge in [0.15, 0.2) is 0 Å². The molecule has 0 aromatic carbocycles. The molecule has 0 saturated carbocycles. The Morgan fingerprint density at radius 3 is 3.10 bits per heavy atom. The molecule has 1 amide bonds. The van der Waals surface area contributed by atoms with Crippen LogP contribution in [0.2, 0.25) is 0 Å². The fourth-order valence-corrected chi connectivity index (χ4v) is 3.53. The number of hydrogen-bond donors (Lipinski definition) is 1. The maximum atomic E-state index is 12.7. The van der Waals surface area contributed by atoms with Gasteiger partial charge in [0.1, 0.15) is 15.5 Å². The number of nitrogens with two attached hydrogens (primary N) is 1. The summed E-state index contributed by atoms with van der Waals surface area (Å²) in [6.07, 6.45) is 5.27. The Labute approximate surface area is 124 Å². The van der Waals surface area contributed by atoms with Gasteiger partial charge in [-0.1, -0.05) is 0 Å². The second-order valence-electron chi connectivity index (χ2n) is 4.86. The van der Waals surface area contributed by atoms with E-state index in [9.17, 15) is 4.79 Å². The van der Waals surface area contributed by atoms with Crippen molar-refractivity contribution in [3.05, 3.63) is 35.4 Å². The number of carbonyl (C=O) groups excluding carboxylic acids is 1. The molecule has 4 heterocycles. The second kappa shape index (κ2) is 4.52. The average Bonchev–Trinajstić information content (AvgIpc) is 3.11. The normalized spacial score (nSPS) is 14.4. The van der Waals surface area contributed by atoms with Gasteiger partial charge in [0, 0.05) is 30.9 Å². The van der Waals surface area contributed by atoms with E-state index in [1.54, 1.807) is 23.4 Å². The third-order valence-corrected chi connectivity index (χ3v) is 4.74. The van der Waals surface area contributed by atoms with E-state index in [4.69, 9.17) is 5.73 Å². The average molecular weight is 300 g/mol. The number of carbonyl (C=O) groups is 1. The van der Waals surface area contributed by atoms with Gasteiger partial charge >= 0.3 is 0 Å². The standard InChI is InChI=1S/C13H12N6OS/c14-10-8-1-2-16-17-12(8)21-11(10)13(20)19-6-5-18-4-3-15-9(18)7-19/h1-4H,5-7,14H2. The molecule has 3 aromatic rings. The van der Waals surface area contributed by atoms with Crippen LogP contribution in [0.5, 0.6) is 0 Å². The van der Waals surface area contributed by atoms with E-state index < -0.39 is 0 Å². The summed E-state index contributed by atoms with van der Waals surface area (Å²) in [6, 6.07) is 1.79. The van der Waals surface area contributed by atoms with Crippen LogP contribution in [0.25, 0.3) is 10.2 Å². The quantitative estimate of drug-likeness (QED) is 0.727. The fraction of sp³-hybridized carbons (Fsp3) is 0.231. The summed E-state index contributed by atoms with van der Waals surface area (Å²) in [5, 5.41) is 8.64. The SMILES string of the molecule is Nc1c(C(=O)N2CCn3ccnc3C2)sc2nnccc12. The monoisotopic (exact) mass is 300 g/mol. The summed E-state index contributed by atoms with van der Waals surface area (Å²) in [5.41, 5.74) is 6.59. The lowest BCUT2D eigenvalue weighted by atomic mass is 10.2. The lowest BCUT2D eigenvalue weighted by Gasteiger charge is -2.27. The van der Waals surface area contributed by atoms with Gasteiger partial charge in [-0.3, -0.25) is 4.79 Å². The number of aromatic nitrogens is 4. The van der Waals surface area contributed by atoms with Crippen molar-refractivity contribution in [2.75, 3.05) is 12.3 Å². The molecule has 0 saturated heterocycles. The van der Waals surface area contributed by atoms with Gasteiger partial charge < -0.3 is 15.2 Å². The zero-order valence-corrected chi connectivity index (χ0v) is 11.9. The predicted molar refractivity (Wildman–Crippen MR) is 78.8 cm³/mol. The number of anilines is 1. The summed E-state index contributed by atoms with van der Waals surface area (Å²) >= 11 is 1.29. The first-order valence-electron chi connectivity index (χ1n) is 6.53. The highest BCUT2D eigenvalue weighted by molar-refractivity contribution is 7.21. The molecule has 21 heavy (non-hydrogen) atoms. The Bertz CT molecular complexity index is 838. The van der Waals surface area contributed by atoms with Crippen LogP contribution in [0.3, 0.4) is 0 Å². The van der Waals surface area contributed by atoms with Gasteiger partial charge in [-0.2, -0.15) is 5.10 Å². The minimum Gasteiger partial charge on any atom is -0.397 e. The smallest absolute Gasteiger partial charge is 0.266 e. The van der Waals surface area contributed by atoms with Crippen molar-refractivity contribution in [1.29, 1.82) is 0 Å². The van der Waals surface area contributed by atoms with E-state index in [1.807, 2.05) is 6.20 Å². The zero-order valence-electron chi connectivity index (χ0n) is 11.1.